The van der Waals surface area contributed by atoms with Gasteiger partial charge in [0.15, 0.2) is 0 Å². The van der Waals surface area contributed by atoms with E-state index in [0.29, 0.717) is 13.2 Å². The van der Waals surface area contributed by atoms with Crippen molar-refractivity contribution in [3.8, 4) is 0 Å². The highest BCUT2D eigenvalue weighted by atomic mass is 19.1. The second-order valence-electron chi connectivity index (χ2n) is 5.77. The Balaban J connectivity index is 1.80. The Kier molecular flexibility index (Phi) is 3.54. The molecule has 1 spiro atoms. The van der Waals surface area contributed by atoms with Crippen molar-refractivity contribution in [3.63, 3.8) is 0 Å². The van der Waals surface area contributed by atoms with E-state index in [4.69, 9.17) is 4.74 Å². The van der Waals surface area contributed by atoms with Crippen molar-refractivity contribution in [3.05, 3.63) is 35.4 Å². The summed E-state index contributed by atoms with van der Waals surface area (Å²) in [4.78, 5) is 0. The molecule has 1 heterocycles. The van der Waals surface area contributed by atoms with Crippen molar-refractivity contribution in [1.82, 2.24) is 5.32 Å². The zero-order valence-electron chi connectivity index (χ0n) is 10.9. The standard InChI is InChI=1S/C15H19F2NO/c16-11-4-3-5-12(17)14(11)13-8-18-9-15(10-19-13)6-1-2-7-15/h3-5,13,18H,1-2,6-10H2. The molecular weight excluding hydrogens is 248 g/mol. The number of hydrogen-bond acceptors (Lipinski definition) is 2. The summed E-state index contributed by atoms with van der Waals surface area (Å²) in [5, 5.41) is 3.32. The summed E-state index contributed by atoms with van der Waals surface area (Å²) < 4.78 is 33.4. The molecule has 0 bridgehead atoms. The topological polar surface area (TPSA) is 21.3 Å². The molecule has 0 aromatic heterocycles. The lowest BCUT2D eigenvalue weighted by Crippen LogP contribution is -2.32. The molecule has 1 saturated carbocycles. The fraction of sp³-hybridized carbons (Fsp3) is 0.600. The first kappa shape index (κ1) is 13.0. The Morgan fingerprint density at radius 2 is 1.84 bits per heavy atom. The van der Waals surface area contributed by atoms with Gasteiger partial charge in [-0.05, 0) is 25.0 Å². The molecule has 19 heavy (non-hydrogen) atoms. The number of ether oxygens (including phenoxy) is 1. The SMILES string of the molecule is Fc1cccc(F)c1C1CNCC2(CCCC2)CO1. The molecule has 0 radical (unpaired) electrons. The average molecular weight is 267 g/mol. The highest BCUT2D eigenvalue weighted by Gasteiger charge is 2.37. The molecule has 4 heteroatoms. The lowest BCUT2D eigenvalue weighted by Gasteiger charge is -2.26. The van der Waals surface area contributed by atoms with Gasteiger partial charge in [-0.25, -0.2) is 8.78 Å². The zero-order valence-corrected chi connectivity index (χ0v) is 10.9. The van der Waals surface area contributed by atoms with Gasteiger partial charge in [-0.3, -0.25) is 0 Å². The molecule has 104 valence electrons. The zero-order chi connectivity index (χ0) is 13.3. The molecule has 2 fully saturated rings. The molecule has 2 nitrogen and oxygen atoms in total. The van der Waals surface area contributed by atoms with Crippen molar-refractivity contribution >= 4 is 0 Å². The van der Waals surface area contributed by atoms with Gasteiger partial charge in [-0.15, -0.1) is 0 Å². The Morgan fingerprint density at radius 3 is 2.53 bits per heavy atom. The molecule has 3 rings (SSSR count). The molecule has 1 unspecified atom stereocenters. The van der Waals surface area contributed by atoms with Crippen molar-refractivity contribution in [1.29, 1.82) is 0 Å². The summed E-state index contributed by atoms with van der Waals surface area (Å²) in [6.07, 6.45) is 4.22. The number of rotatable bonds is 1. The summed E-state index contributed by atoms with van der Waals surface area (Å²) in [6, 6.07) is 3.97. The van der Waals surface area contributed by atoms with Crippen LogP contribution in [0.1, 0.15) is 37.4 Å². The van der Waals surface area contributed by atoms with Crippen LogP contribution < -0.4 is 5.32 Å². The largest absolute Gasteiger partial charge is 0.371 e. The second kappa shape index (κ2) is 5.17. The smallest absolute Gasteiger partial charge is 0.132 e. The van der Waals surface area contributed by atoms with E-state index in [0.717, 1.165) is 19.4 Å². The third kappa shape index (κ3) is 2.51. The lowest BCUT2D eigenvalue weighted by molar-refractivity contribution is 0.0124. The summed E-state index contributed by atoms with van der Waals surface area (Å²) in [7, 11) is 0. The van der Waals surface area contributed by atoms with Crippen molar-refractivity contribution < 1.29 is 13.5 Å². The monoisotopic (exact) mass is 267 g/mol. The van der Waals surface area contributed by atoms with Gasteiger partial charge in [0, 0.05) is 18.5 Å². The van der Waals surface area contributed by atoms with Crippen LogP contribution in [-0.4, -0.2) is 19.7 Å². The molecule has 1 atom stereocenters. The quantitative estimate of drug-likeness (QED) is 0.843. The van der Waals surface area contributed by atoms with Crippen LogP contribution in [0.2, 0.25) is 0 Å². The first-order chi connectivity index (χ1) is 9.20. The van der Waals surface area contributed by atoms with Gasteiger partial charge in [0.05, 0.1) is 12.2 Å². The number of hydrogen-bond donors (Lipinski definition) is 1. The maximum Gasteiger partial charge on any atom is 0.132 e. The Bertz CT molecular complexity index is 437. The van der Waals surface area contributed by atoms with Crippen LogP contribution >= 0.6 is 0 Å². The lowest BCUT2D eigenvalue weighted by atomic mass is 9.87. The minimum atomic E-state index is -0.527. The molecule has 1 aromatic carbocycles. The Morgan fingerprint density at radius 1 is 1.16 bits per heavy atom. The first-order valence-electron chi connectivity index (χ1n) is 6.96. The number of nitrogens with one attached hydrogen (secondary N) is 1. The van der Waals surface area contributed by atoms with Crippen LogP contribution in [0.15, 0.2) is 18.2 Å². The molecule has 1 aromatic rings. The molecule has 0 amide bonds. The van der Waals surface area contributed by atoms with Gasteiger partial charge in [-0.1, -0.05) is 18.9 Å². The Hall–Kier alpha value is -1.00. The van der Waals surface area contributed by atoms with E-state index in [2.05, 4.69) is 5.32 Å². The molecular formula is C15H19F2NO. The van der Waals surface area contributed by atoms with Gasteiger partial charge in [0.25, 0.3) is 0 Å². The van der Waals surface area contributed by atoms with Crippen LogP contribution in [0.5, 0.6) is 0 Å². The minimum Gasteiger partial charge on any atom is -0.371 e. The van der Waals surface area contributed by atoms with Crippen LogP contribution in [0, 0.1) is 17.0 Å². The average Bonchev–Trinajstić information content (AvgIpc) is 2.74. The number of halogens is 2. The maximum atomic E-state index is 13.8. The molecule has 1 saturated heterocycles. The third-order valence-electron chi connectivity index (χ3n) is 4.41. The van der Waals surface area contributed by atoms with E-state index in [9.17, 15) is 8.78 Å². The fourth-order valence-electron chi connectivity index (χ4n) is 3.31. The maximum absolute atomic E-state index is 13.8. The van der Waals surface area contributed by atoms with Crippen LogP contribution in [0.4, 0.5) is 8.78 Å². The van der Waals surface area contributed by atoms with Crippen LogP contribution in [0.3, 0.4) is 0 Å². The van der Waals surface area contributed by atoms with Gasteiger partial charge >= 0.3 is 0 Å². The highest BCUT2D eigenvalue weighted by molar-refractivity contribution is 5.23. The van der Waals surface area contributed by atoms with Gasteiger partial charge in [0.2, 0.25) is 0 Å². The summed E-state index contributed by atoms with van der Waals surface area (Å²) in [5.41, 5.74) is 0.237. The summed E-state index contributed by atoms with van der Waals surface area (Å²) >= 11 is 0. The number of benzene rings is 1. The van der Waals surface area contributed by atoms with Gasteiger partial charge in [0.1, 0.15) is 17.7 Å². The third-order valence-corrected chi connectivity index (χ3v) is 4.41. The first-order valence-corrected chi connectivity index (χ1v) is 6.96. The predicted molar refractivity (Wildman–Crippen MR) is 68.8 cm³/mol. The van der Waals surface area contributed by atoms with E-state index >= 15 is 0 Å². The van der Waals surface area contributed by atoms with Gasteiger partial charge in [-0.2, -0.15) is 0 Å². The summed E-state index contributed by atoms with van der Waals surface area (Å²) in [5.74, 6) is -1.04. The van der Waals surface area contributed by atoms with Crippen LogP contribution in [0.25, 0.3) is 0 Å². The predicted octanol–water partition coefficient (Wildman–Crippen LogP) is 3.19. The van der Waals surface area contributed by atoms with Crippen LogP contribution in [-0.2, 0) is 4.74 Å². The van der Waals surface area contributed by atoms with E-state index in [-0.39, 0.29) is 11.0 Å². The molecule has 2 aliphatic rings. The van der Waals surface area contributed by atoms with Crippen molar-refractivity contribution in [2.45, 2.75) is 31.8 Å². The highest BCUT2D eigenvalue weighted by Crippen LogP contribution is 2.40. The normalized spacial score (nSPS) is 26.5. The molecule has 1 aliphatic carbocycles. The van der Waals surface area contributed by atoms with Crippen molar-refractivity contribution in [2.24, 2.45) is 5.41 Å². The van der Waals surface area contributed by atoms with Crippen molar-refractivity contribution in [2.75, 3.05) is 19.7 Å². The van der Waals surface area contributed by atoms with E-state index in [1.54, 1.807) is 0 Å². The fourth-order valence-corrected chi connectivity index (χ4v) is 3.31. The Labute approximate surface area is 112 Å². The van der Waals surface area contributed by atoms with Gasteiger partial charge < -0.3 is 10.1 Å². The summed E-state index contributed by atoms with van der Waals surface area (Å²) in [6.45, 7) is 1.96. The second-order valence-corrected chi connectivity index (χ2v) is 5.77. The minimum absolute atomic E-state index is 0.0602. The molecule has 1 N–H and O–H groups in total. The molecule has 1 aliphatic heterocycles. The van der Waals surface area contributed by atoms with E-state index in [1.807, 2.05) is 0 Å². The van der Waals surface area contributed by atoms with E-state index < -0.39 is 17.7 Å². The van der Waals surface area contributed by atoms with E-state index in [1.165, 1.54) is 31.0 Å².